The number of hydrogen-bond donors (Lipinski definition) is 0. The molecule has 0 aromatic heterocycles. The zero-order valence-electron chi connectivity index (χ0n) is 10.1. The second-order valence-electron chi connectivity index (χ2n) is 4.05. The van der Waals surface area contributed by atoms with E-state index in [1.807, 2.05) is 6.08 Å². The highest BCUT2D eigenvalue weighted by Gasteiger charge is 2.00. The summed E-state index contributed by atoms with van der Waals surface area (Å²) in [5, 5.41) is 0. The Labute approximate surface area is 94.0 Å². The van der Waals surface area contributed by atoms with Crippen LogP contribution in [0.3, 0.4) is 0 Å². The molecular weight excluding hydrogens is 180 g/mol. The van der Waals surface area contributed by atoms with E-state index in [1.165, 1.54) is 42.4 Å². The van der Waals surface area contributed by atoms with Crippen LogP contribution in [0, 0.1) is 0 Å². The monoisotopic (exact) mass is 202 g/mol. The van der Waals surface area contributed by atoms with Gasteiger partial charge in [0.2, 0.25) is 0 Å². The molecule has 0 nitrogen and oxygen atoms in total. The molecule has 0 atom stereocenters. The number of aryl methyl sites for hydroxylation is 2. The van der Waals surface area contributed by atoms with E-state index >= 15 is 0 Å². The lowest BCUT2D eigenvalue weighted by Gasteiger charge is -2.08. The molecular formula is C15H22. The summed E-state index contributed by atoms with van der Waals surface area (Å²) in [6.45, 7) is 8.33. The van der Waals surface area contributed by atoms with Crippen LogP contribution in [-0.2, 0) is 12.8 Å². The fourth-order valence-corrected chi connectivity index (χ4v) is 1.86. The van der Waals surface area contributed by atoms with Crippen LogP contribution in [0.1, 0.15) is 49.8 Å². The van der Waals surface area contributed by atoms with Crippen LogP contribution in [0.5, 0.6) is 0 Å². The van der Waals surface area contributed by atoms with E-state index in [-0.39, 0.29) is 0 Å². The van der Waals surface area contributed by atoms with Crippen LogP contribution in [0.15, 0.2) is 24.8 Å². The van der Waals surface area contributed by atoms with Crippen molar-refractivity contribution >= 4 is 6.08 Å². The summed E-state index contributed by atoms with van der Waals surface area (Å²) in [6.07, 6.45) is 8.20. The standard InChI is InChI=1S/C15H22/c1-4-7-8-9-15-12-13(5-2)10-11-14(15)6-3/h6,10-12H,3-5,7-9H2,1-2H3. The summed E-state index contributed by atoms with van der Waals surface area (Å²) in [4.78, 5) is 0. The summed E-state index contributed by atoms with van der Waals surface area (Å²) in [5.74, 6) is 0. The molecule has 0 N–H and O–H groups in total. The molecule has 0 unspecified atom stereocenters. The Morgan fingerprint density at radius 2 is 2.00 bits per heavy atom. The molecule has 0 aliphatic rings. The molecule has 0 aliphatic heterocycles. The molecule has 0 saturated carbocycles. The lowest BCUT2D eigenvalue weighted by Crippen LogP contribution is -1.92. The van der Waals surface area contributed by atoms with Gasteiger partial charge in [0.05, 0.1) is 0 Å². The number of hydrogen-bond acceptors (Lipinski definition) is 0. The van der Waals surface area contributed by atoms with Crippen molar-refractivity contribution in [3.05, 3.63) is 41.5 Å². The highest BCUT2D eigenvalue weighted by atomic mass is 14.1. The first-order valence-corrected chi connectivity index (χ1v) is 6.06. The van der Waals surface area contributed by atoms with Crippen molar-refractivity contribution in [3.63, 3.8) is 0 Å². The van der Waals surface area contributed by atoms with E-state index in [1.54, 1.807) is 0 Å². The van der Waals surface area contributed by atoms with Gasteiger partial charge in [0, 0.05) is 0 Å². The van der Waals surface area contributed by atoms with Crippen molar-refractivity contribution in [2.45, 2.75) is 46.0 Å². The molecule has 1 rings (SSSR count). The van der Waals surface area contributed by atoms with E-state index in [0.29, 0.717) is 0 Å². The van der Waals surface area contributed by atoms with Crippen molar-refractivity contribution in [2.75, 3.05) is 0 Å². The minimum absolute atomic E-state index is 1.12. The third-order valence-electron chi connectivity index (χ3n) is 2.89. The maximum absolute atomic E-state index is 3.88. The van der Waals surface area contributed by atoms with Crippen LogP contribution in [0.2, 0.25) is 0 Å². The zero-order chi connectivity index (χ0) is 11.1. The highest BCUT2D eigenvalue weighted by molar-refractivity contribution is 5.53. The minimum atomic E-state index is 1.12. The lowest BCUT2D eigenvalue weighted by atomic mass is 9.98. The summed E-state index contributed by atoms with van der Waals surface area (Å²) in [6, 6.07) is 6.75. The second kappa shape index (κ2) is 6.44. The first-order chi connectivity index (χ1) is 7.31. The molecule has 0 bridgehead atoms. The molecule has 0 saturated heterocycles. The van der Waals surface area contributed by atoms with Gasteiger partial charge in [-0.15, -0.1) is 0 Å². The van der Waals surface area contributed by atoms with Gasteiger partial charge in [0.15, 0.2) is 0 Å². The first-order valence-electron chi connectivity index (χ1n) is 6.06. The summed E-state index contributed by atoms with van der Waals surface area (Å²) >= 11 is 0. The average molecular weight is 202 g/mol. The van der Waals surface area contributed by atoms with E-state index in [4.69, 9.17) is 0 Å². The summed E-state index contributed by atoms with van der Waals surface area (Å²) < 4.78 is 0. The molecule has 0 amide bonds. The van der Waals surface area contributed by atoms with Gasteiger partial charge in [-0.3, -0.25) is 0 Å². The van der Waals surface area contributed by atoms with Crippen molar-refractivity contribution in [1.82, 2.24) is 0 Å². The van der Waals surface area contributed by atoms with E-state index in [0.717, 1.165) is 6.42 Å². The Morgan fingerprint density at radius 3 is 2.60 bits per heavy atom. The maximum atomic E-state index is 3.88. The zero-order valence-corrected chi connectivity index (χ0v) is 10.1. The molecule has 1 aromatic carbocycles. The molecule has 15 heavy (non-hydrogen) atoms. The first kappa shape index (κ1) is 12.0. The molecule has 0 aliphatic carbocycles. The summed E-state index contributed by atoms with van der Waals surface area (Å²) in [7, 11) is 0. The Hall–Kier alpha value is -1.04. The van der Waals surface area contributed by atoms with E-state index in [9.17, 15) is 0 Å². The van der Waals surface area contributed by atoms with Gasteiger partial charge in [-0.25, -0.2) is 0 Å². The minimum Gasteiger partial charge on any atom is -0.0985 e. The van der Waals surface area contributed by atoms with Crippen LogP contribution in [0.4, 0.5) is 0 Å². The van der Waals surface area contributed by atoms with Crippen molar-refractivity contribution in [1.29, 1.82) is 0 Å². The molecule has 1 aromatic rings. The Kier molecular flexibility index (Phi) is 5.17. The van der Waals surface area contributed by atoms with Crippen molar-refractivity contribution < 1.29 is 0 Å². The van der Waals surface area contributed by atoms with Crippen LogP contribution in [0.25, 0.3) is 6.08 Å². The third kappa shape index (κ3) is 3.54. The van der Waals surface area contributed by atoms with Gasteiger partial charge < -0.3 is 0 Å². The van der Waals surface area contributed by atoms with E-state index < -0.39 is 0 Å². The molecule has 0 spiro atoms. The number of rotatable bonds is 6. The van der Waals surface area contributed by atoms with Gasteiger partial charge >= 0.3 is 0 Å². The Morgan fingerprint density at radius 1 is 1.20 bits per heavy atom. The number of benzene rings is 1. The maximum Gasteiger partial charge on any atom is -0.0230 e. The topological polar surface area (TPSA) is 0 Å². The van der Waals surface area contributed by atoms with Gasteiger partial charge in [0.25, 0.3) is 0 Å². The molecule has 0 radical (unpaired) electrons. The molecule has 0 heterocycles. The summed E-state index contributed by atoms with van der Waals surface area (Å²) in [5.41, 5.74) is 4.22. The Bertz CT molecular complexity index is 310. The van der Waals surface area contributed by atoms with Crippen molar-refractivity contribution in [3.8, 4) is 0 Å². The second-order valence-corrected chi connectivity index (χ2v) is 4.05. The molecule has 82 valence electrons. The quantitative estimate of drug-likeness (QED) is 0.590. The predicted octanol–water partition coefficient (Wildman–Crippen LogP) is 4.62. The van der Waals surface area contributed by atoms with Crippen LogP contribution >= 0.6 is 0 Å². The van der Waals surface area contributed by atoms with Gasteiger partial charge in [-0.1, -0.05) is 57.5 Å². The van der Waals surface area contributed by atoms with Gasteiger partial charge in [-0.05, 0) is 36.0 Å². The smallest absolute Gasteiger partial charge is 0.0230 e. The predicted molar refractivity (Wildman–Crippen MR) is 69.1 cm³/mol. The normalized spacial score (nSPS) is 10.3. The Balaban J connectivity index is 2.76. The van der Waals surface area contributed by atoms with Crippen molar-refractivity contribution in [2.24, 2.45) is 0 Å². The molecule has 0 fully saturated rings. The third-order valence-corrected chi connectivity index (χ3v) is 2.89. The fourth-order valence-electron chi connectivity index (χ4n) is 1.86. The number of unbranched alkanes of at least 4 members (excludes halogenated alkanes) is 2. The lowest BCUT2D eigenvalue weighted by molar-refractivity contribution is 0.716. The van der Waals surface area contributed by atoms with Gasteiger partial charge in [-0.2, -0.15) is 0 Å². The van der Waals surface area contributed by atoms with Gasteiger partial charge in [0.1, 0.15) is 0 Å². The van der Waals surface area contributed by atoms with E-state index in [2.05, 4.69) is 38.6 Å². The van der Waals surface area contributed by atoms with Crippen LogP contribution in [-0.4, -0.2) is 0 Å². The molecule has 0 heteroatoms. The highest BCUT2D eigenvalue weighted by Crippen LogP contribution is 2.16. The average Bonchev–Trinajstić information content (AvgIpc) is 2.29. The largest absolute Gasteiger partial charge is 0.0985 e. The SMILES string of the molecule is C=Cc1ccc(CC)cc1CCCCC. The van der Waals surface area contributed by atoms with Crippen LogP contribution < -0.4 is 0 Å². The fraction of sp³-hybridized carbons (Fsp3) is 0.467.